The molecule has 0 atom stereocenters. The third kappa shape index (κ3) is 5.16. The first-order valence-electron chi connectivity index (χ1n) is 11.9. The average Bonchev–Trinajstić information content (AvgIpc) is 3.17. The van der Waals surface area contributed by atoms with Crippen LogP contribution in [0.4, 0.5) is 0 Å². The van der Waals surface area contributed by atoms with Gasteiger partial charge in [-0.1, -0.05) is 67.4 Å². The van der Waals surface area contributed by atoms with Crippen LogP contribution in [0.1, 0.15) is 36.1 Å². The van der Waals surface area contributed by atoms with Gasteiger partial charge in [-0.25, -0.2) is 0 Å². The van der Waals surface area contributed by atoms with E-state index < -0.39 is 0 Å². The summed E-state index contributed by atoms with van der Waals surface area (Å²) in [5.41, 5.74) is 11.0. The summed E-state index contributed by atoms with van der Waals surface area (Å²) in [5, 5.41) is 8.78. The summed E-state index contributed by atoms with van der Waals surface area (Å²) in [6.07, 6.45) is 3.61. The van der Waals surface area contributed by atoms with Crippen molar-refractivity contribution in [2.75, 3.05) is 0 Å². The van der Waals surface area contributed by atoms with Crippen LogP contribution in [0.2, 0.25) is 0 Å². The van der Waals surface area contributed by atoms with Crippen LogP contribution in [0, 0.1) is 30.4 Å². The van der Waals surface area contributed by atoms with Crippen LogP contribution in [-0.2, 0) is 25.5 Å². The quantitative estimate of drug-likeness (QED) is 0.184. The van der Waals surface area contributed by atoms with Gasteiger partial charge in [0.2, 0.25) is 0 Å². The molecule has 1 aliphatic rings. The molecular formula is C33H25IrN3-2. The zero-order chi connectivity index (χ0) is 25.1. The Labute approximate surface area is 232 Å². The molecule has 0 saturated carbocycles. The van der Waals surface area contributed by atoms with Crippen molar-refractivity contribution in [1.29, 1.82) is 5.26 Å². The summed E-state index contributed by atoms with van der Waals surface area (Å²) >= 11 is 0. The van der Waals surface area contributed by atoms with Crippen LogP contribution in [0.5, 0.6) is 0 Å². The number of hydrogen-bond acceptors (Lipinski definition) is 3. The first kappa shape index (κ1) is 26.2. The molecule has 0 fully saturated rings. The van der Waals surface area contributed by atoms with Gasteiger partial charge in [-0.15, -0.1) is 59.2 Å². The molecule has 4 heteroatoms. The molecule has 2 aromatic heterocycles. The first-order valence-corrected chi connectivity index (χ1v) is 11.9. The minimum absolute atomic E-state index is 0. The number of aryl methyl sites for hydroxylation is 1. The van der Waals surface area contributed by atoms with Gasteiger partial charge < -0.3 is 9.97 Å². The topological polar surface area (TPSA) is 49.6 Å². The maximum absolute atomic E-state index is 8.78. The van der Waals surface area contributed by atoms with Crippen LogP contribution in [0.15, 0.2) is 97.3 Å². The van der Waals surface area contributed by atoms with Gasteiger partial charge in [-0.2, -0.15) is 5.26 Å². The van der Waals surface area contributed by atoms with Gasteiger partial charge in [-0.05, 0) is 52.5 Å². The second kappa shape index (κ2) is 11.0. The monoisotopic (exact) mass is 656 g/mol. The van der Waals surface area contributed by atoms with Crippen molar-refractivity contribution in [3.05, 3.63) is 132 Å². The van der Waals surface area contributed by atoms with E-state index in [2.05, 4.69) is 78.4 Å². The van der Waals surface area contributed by atoms with E-state index >= 15 is 0 Å². The fourth-order valence-corrected chi connectivity index (χ4v) is 4.85. The Kier molecular flexibility index (Phi) is 7.79. The number of rotatable bonds is 2. The Bertz CT molecular complexity index is 1580. The Hall–Kier alpha value is -3.90. The second-order valence-corrected chi connectivity index (χ2v) is 9.35. The van der Waals surface area contributed by atoms with Crippen molar-refractivity contribution >= 4 is 0 Å². The van der Waals surface area contributed by atoms with Crippen LogP contribution in [0.25, 0.3) is 33.6 Å². The van der Waals surface area contributed by atoms with E-state index in [0.29, 0.717) is 5.56 Å². The molecule has 3 aromatic carbocycles. The number of benzene rings is 3. The Morgan fingerprint density at radius 3 is 2.30 bits per heavy atom. The molecule has 0 amide bonds. The van der Waals surface area contributed by atoms with Crippen molar-refractivity contribution in [3.8, 4) is 39.7 Å². The van der Waals surface area contributed by atoms with Gasteiger partial charge in [0, 0.05) is 32.5 Å². The Balaban J connectivity index is 0.000000178. The van der Waals surface area contributed by atoms with Crippen molar-refractivity contribution in [1.82, 2.24) is 9.97 Å². The van der Waals surface area contributed by atoms with Crippen LogP contribution >= 0.6 is 0 Å². The van der Waals surface area contributed by atoms with E-state index in [1.807, 2.05) is 43.5 Å². The van der Waals surface area contributed by atoms with Crippen molar-refractivity contribution < 1.29 is 20.1 Å². The van der Waals surface area contributed by atoms with E-state index in [4.69, 9.17) is 5.26 Å². The molecule has 0 N–H and O–H groups in total. The molecule has 0 bridgehead atoms. The second-order valence-electron chi connectivity index (χ2n) is 9.35. The Morgan fingerprint density at radius 1 is 0.784 bits per heavy atom. The zero-order valence-corrected chi connectivity index (χ0v) is 23.3. The van der Waals surface area contributed by atoms with Crippen molar-refractivity contribution in [2.45, 2.75) is 26.2 Å². The van der Waals surface area contributed by atoms with Gasteiger partial charge in [0.15, 0.2) is 0 Å². The fraction of sp³-hybridized carbons (Fsp3) is 0.121. The van der Waals surface area contributed by atoms with Gasteiger partial charge in [0.05, 0.1) is 6.07 Å². The zero-order valence-electron chi connectivity index (χ0n) is 20.9. The SMILES string of the molecule is CC1(C)c2ccccc2-c2cc[c-]c(-c3ccccn3)c21.Cc1ccnc(-c2[c-]ccc(C#N)c2)c1.[Ir]. The summed E-state index contributed by atoms with van der Waals surface area (Å²) in [7, 11) is 0. The summed E-state index contributed by atoms with van der Waals surface area (Å²) in [4.78, 5) is 8.77. The molecule has 0 aliphatic heterocycles. The number of nitriles is 1. The Morgan fingerprint density at radius 2 is 1.54 bits per heavy atom. The minimum Gasteiger partial charge on any atom is -0.305 e. The minimum atomic E-state index is -0.0173. The molecule has 6 rings (SSSR count). The largest absolute Gasteiger partial charge is 0.305 e. The number of fused-ring (bicyclic) bond motifs is 3. The van der Waals surface area contributed by atoms with Crippen LogP contribution < -0.4 is 0 Å². The van der Waals surface area contributed by atoms with Gasteiger partial charge in [-0.3, -0.25) is 0 Å². The molecule has 37 heavy (non-hydrogen) atoms. The molecule has 1 radical (unpaired) electrons. The maximum atomic E-state index is 8.78. The maximum Gasteiger partial charge on any atom is 0.0789 e. The normalized spacial score (nSPS) is 12.2. The summed E-state index contributed by atoms with van der Waals surface area (Å²) < 4.78 is 0. The summed E-state index contributed by atoms with van der Waals surface area (Å²) in [6, 6.07) is 36.7. The van der Waals surface area contributed by atoms with Gasteiger partial charge in [0.1, 0.15) is 0 Å². The number of nitrogens with zero attached hydrogens (tertiary/aromatic N) is 3. The van der Waals surface area contributed by atoms with Crippen molar-refractivity contribution in [3.63, 3.8) is 0 Å². The molecule has 1 aliphatic carbocycles. The average molecular weight is 656 g/mol. The smallest absolute Gasteiger partial charge is 0.0789 e. The third-order valence-electron chi connectivity index (χ3n) is 6.56. The van der Waals surface area contributed by atoms with Crippen LogP contribution in [-0.4, -0.2) is 9.97 Å². The number of aromatic nitrogens is 2. The molecule has 183 valence electrons. The predicted molar refractivity (Wildman–Crippen MR) is 144 cm³/mol. The van der Waals surface area contributed by atoms with Crippen LogP contribution in [0.3, 0.4) is 0 Å². The first-order chi connectivity index (χ1) is 17.5. The molecule has 5 aromatic rings. The third-order valence-corrected chi connectivity index (χ3v) is 6.56. The van der Waals surface area contributed by atoms with Gasteiger partial charge >= 0.3 is 0 Å². The molecule has 0 saturated heterocycles. The summed E-state index contributed by atoms with van der Waals surface area (Å²) in [6.45, 7) is 6.59. The fourth-order valence-electron chi connectivity index (χ4n) is 4.85. The molecular weight excluding hydrogens is 631 g/mol. The van der Waals surface area contributed by atoms with Gasteiger partial charge in [0.25, 0.3) is 0 Å². The van der Waals surface area contributed by atoms with E-state index in [-0.39, 0.29) is 25.5 Å². The molecule has 0 unspecified atom stereocenters. The molecule has 2 heterocycles. The van der Waals surface area contributed by atoms with Crippen molar-refractivity contribution in [2.24, 2.45) is 0 Å². The van der Waals surface area contributed by atoms with E-state index in [1.54, 1.807) is 24.4 Å². The number of pyridine rings is 2. The number of hydrogen-bond donors (Lipinski definition) is 0. The predicted octanol–water partition coefficient (Wildman–Crippen LogP) is 7.58. The molecule has 0 spiro atoms. The van der Waals surface area contributed by atoms with E-state index in [0.717, 1.165) is 28.1 Å². The van der Waals surface area contributed by atoms with E-state index in [1.165, 1.54) is 22.3 Å². The van der Waals surface area contributed by atoms with E-state index in [9.17, 15) is 0 Å². The standard InChI is InChI=1S/C20H16N.C13H9N2.Ir/c1-20(2)17-11-4-3-8-14(17)15-9-7-10-16(19(15)20)18-12-5-6-13-21-18;1-10-5-6-15-13(7-10)12-4-2-3-11(8-12)9-14;/h3-9,11-13H,1-2H3;2-3,5-8H,1H3;/q2*-1;. The molecule has 3 nitrogen and oxygen atoms in total. The summed E-state index contributed by atoms with van der Waals surface area (Å²) in [5.74, 6) is 0.